The third-order valence-electron chi connectivity index (χ3n) is 4.27. The molecular formula is C17H14N2O2. The zero-order valence-corrected chi connectivity index (χ0v) is 11.3. The molecule has 0 radical (unpaired) electrons. The highest BCUT2D eigenvalue weighted by Crippen LogP contribution is 2.52. The summed E-state index contributed by atoms with van der Waals surface area (Å²) in [7, 11) is 0. The van der Waals surface area contributed by atoms with Crippen LogP contribution in [-0.2, 0) is 5.41 Å². The molecule has 0 bridgehead atoms. The van der Waals surface area contributed by atoms with E-state index in [0.29, 0.717) is 5.52 Å². The van der Waals surface area contributed by atoms with E-state index >= 15 is 0 Å². The number of carboxylic acid groups (broad SMARTS) is 1. The average molecular weight is 278 g/mol. The molecular weight excluding hydrogens is 264 g/mol. The molecule has 4 rings (SSSR count). The summed E-state index contributed by atoms with van der Waals surface area (Å²) < 4.78 is 0. The summed E-state index contributed by atoms with van der Waals surface area (Å²) in [5, 5.41) is 9.27. The normalized spacial score (nSPS) is 16.0. The van der Waals surface area contributed by atoms with E-state index in [0.717, 1.165) is 24.2 Å². The molecule has 4 nitrogen and oxygen atoms in total. The number of para-hydroxylation sites is 1. The number of benzene rings is 2. The van der Waals surface area contributed by atoms with Gasteiger partial charge in [0.2, 0.25) is 0 Å². The predicted octanol–water partition coefficient (Wildman–Crippen LogP) is 3.34. The lowest BCUT2D eigenvalue weighted by Crippen LogP contribution is -2.10. The molecule has 1 aliphatic rings. The maximum atomic E-state index is 11.3. The van der Waals surface area contributed by atoms with Crippen molar-refractivity contribution >= 4 is 17.0 Å². The zero-order chi connectivity index (χ0) is 14.4. The summed E-state index contributed by atoms with van der Waals surface area (Å²) >= 11 is 0. The van der Waals surface area contributed by atoms with Crippen LogP contribution < -0.4 is 0 Å². The van der Waals surface area contributed by atoms with Crippen molar-refractivity contribution in [2.45, 2.75) is 18.3 Å². The number of imidazole rings is 1. The van der Waals surface area contributed by atoms with E-state index in [1.165, 1.54) is 5.56 Å². The molecule has 1 saturated carbocycles. The molecule has 0 saturated heterocycles. The molecule has 2 N–H and O–H groups in total. The molecule has 0 aliphatic heterocycles. The molecule has 0 amide bonds. The van der Waals surface area contributed by atoms with Gasteiger partial charge in [-0.05, 0) is 30.5 Å². The highest BCUT2D eigenvalue weighted by atomic mass is 16.4. The fourth-order valence-corrected chi connectivity index (χ4v) is 2.98. The Hall–Kier alpha value is -2.62. The lowest BCUT2D eigenvalue weighted by Gasteiger charge is -2.12. The Kier molecular flexibility index (Phi) is 2.42. The van der Waals surface area contributed by atoms with Gasteiger partial charge in [-0.25, -0.2) is 9.78 Å². The van der Waals surface area contributed by atoms with Crippen LogP contribution >= 0.6 is 0 Å². The van der Waals surface area contributed by atoms with Gasteiger partial charge in [-0.1, -0.05) is 36.4 Å². The largest absolute Gasteiger partial charge is 0.478 e. The first-order chi connectivity index (χ1) is 10.2. The number of hydrogen-bond acceptors (Lipinski definition) is 2. The zero-order valence-electron chi connectivity index (χ0n) is 11.3. The van der Waals surface area contributed by atoms with E-state index in [-0.39, 0.29) is 11.0 Å². The van der Waals surface area contributed by atoms with Gasteiger partial charge in [-0.2, -0.15) is 0 Å². The average Bonchev–Trinajstić information content (AvgIpc) is 3.20. The number of H-pyrrole nitrogens is 1. The third kappa shape index (κ3) is 1.76. The number of aromatic amines is 1. The van der Waals surface area contributed by atoms with Crippen molar-refractivity contribution < 1.29 is 9.90 Å². The number of hydrogen-bond donors (Lipinski definition) is 2. The van der Waals surface area contributed by atoms with Crippen molar-refractivity contribution in [1.82, 2.24) is 9.97 Å². The van der Waals surface area contributed by atoms with Crippen LogP contribution in [0.1, 0.15) is 34.6 Å². The van der Waals surface area contributed by atoms with E-state index < -0.39 is 5.97 Å². The van der Waals surface area contributed by atoms with Crippen molar-refractivity contribution in [3.05, 3.63) is 65.5 Å². The third-order valence-corrected chi connectivity index (χ3v) is 4.27. The van der Waals surface area contributed by atoms with Crippen LogP contribution in [-0.4, -0.2) is 21.0 Å². The molecule has 104 valence electrons. The molecule has 1 aliphatic carbocycles. The number of nitrogens with one attached hydrogen (secondary N) is 1. The first-order valence-electron chi connectivity index (χ1n) is 6.99. The number of aromatic nitrogens is 2. The minimum Gasteiger partial charge on any atom is -0.478 e. The molecule has 0 spiro atoms. The fraction of sp³-hybridized carbons (Fsp3) is 0.176. The van der Waals surface area contributed by atoms with Gasteiger partial charge in [0.25, 0.3) is 0 Å². The van der Waals surface area contributed by atoms with Crippen LogP contribution in [0.3, 0.4) is 0 Å². The highest BCUT2D eigenvalue weighted by molar-refractivity contribution is 6.01. The molecule has 2 aromatic carbocycles. The lowest BCUT2D eigenvalue weighted by atomic mass is 9.95. The lowest BCUT2D eigenvalue weighted by molar-refractivity contribution is 0.0699. The summed E-state index contributed by atoms with van der Waals surface area (Å²) in [6.45, 7) is 0. The van der Waals surface area contributed by atoms with Crippen LogP contribution in [0.15, 0.2) is 48.5 Å². The maximum Gasteiger partial charge on any atom is 0.337 e. The Balaban J connectivity index is 1.89. The first kappa shape index (κ1) is 12.1. The Bertz CT molecular complexity index is 832. The molecule has 1 fully saturated rings. The number of fused-ring (bicyclic) bond motifs is 1. The highest BCUT2D eigenvalue weighted by Gasteiger charge is 2.48. The molecule has 21 heavy (non-hydrogen) atoms. The maximum absolute atomic E-state index is 11.3. The van der Waals surface area contributed by atoms with Gasteiger partial charge in [0.05, 0.1) is 16.5 Å². The monoisotopic (exact) mass is 278 g/mol. The van der Waals surface area contributed by atoms with Crippen LogP contribution in [0.2, 0.25) is 0 Å². The molecule has 1 aromatic heterocycles. The summed E-state index contributed by atoms with van der Waals surface area (Å²) in [5.74, 6) is -0.0689. The Labute approximate surface area is 121 Å². The summed E-state index contributed by atoms with van der Waals surface area (Å²) in [5.41, 5.74) is 2.74. The van der Waals surface area contributed by atoms with Gasteiger partial charge >= 0.3 is 5.97 Å². The fourth-order valence-electron chi connectivity index (χ4n) is 2.98. The number of carboxylic acids is 1. The van der Waals surface area contributed by atoms with Crippen LogP contribution in [0, 0.1) is 0 Å². The smallest absolute Gasteiger partial charge is 0.337 e. The Morgan fingerprint density at radius 1 is 1.10 bits per heavy atom. The van der Waals surface area contributed by atoms with Gasteiger partial charge in [0.15, 0.2) is 0 Å². The second-order valence-electron chi connectivity index (χ2n) is 5.54. The Morgan fingerprint density at radius 3 is 2.52 bits per heavy atom. The van der Waals surface area contributed by atoms with Crippen molar-refractivity contribution in [2.24, 2.45) is 0 Å². The standard InChI is InChI=1S/C17H14N2O2/c20-15(21)12-7-4-8-13-14(12)19-16(18-13)17(9-10-17)11-5-2-1-3-6-11/h1-8H,9-10H2,(H,18,19)(H,20,21). The van der Waals surface area contributed by atoms with Crippen LogP contribution in [0.5, 0.6) is 0 Å². The predicted molar refractivity (Wildman–Crippen MR) is 79.5 cm³/mol. The molecule has 1 heterocycles. The van der Waals surface area contributed by atoms with Gasteiger partial charge in [-0.15, -0.1) is 0 Å². The summed E-state index contributed by atoms with van der Waals surface area (Å²) in [4.78, 5) is 19.2. The van der Waals surface area contributed by atoms with Crippen LogP contribution in [0.4, 0.5) is 0 Å². The van der Waals surface area contributed by atoms with Gasteiger partial charge in [0, 0.05) is 0 Å². The molecule has 3 aromatic rings. The van der Waals surface area contributed by atoms with Crippen LogP contribution in [0.25, 0.3) is 11.0 Å². The topological polar surface area (TPSA) is 66.0 Å². The van der Waals surface area contributed by atoms with Crippen molar-refractivity contribution in [3.8, 4) is 0 Å². The minimum atomic E-state index is -0.941. The number of nitrogens with zero attached hydrogens (tertiary/aromatic N) is 1. The Morgan fingerprint density at radius 2 is 1.86 bits per heavy atom. The van der Waals surface area contributed by atoms with Crippen molar-refractivity contribution in [2.75, 3.05) is 0 Å². The number of aromatic carboxylic acids is 1. The molecule has 0 atom stereocenters. The number of rotatable bonds is 3. The van der Waals surface area contributed by atoms with E-state index in [9.17, 15) is 9.90 Å². The van der Waals surface area contributed by atoms with E-state index in [1.54, 1.807) is 12.1 Å². The van der Waals surface area contributed by atoms with Gasteiger partial charge in [0.1, 0.15) is 11.3 Å². The van der Waals surface area contributed by atoms with E-state index in [1.807, 2.05) is 24.3 Å². The summed E-state index contributed by atoms with van der Waals surface area (Å²) in [6.07, 6.45) is 2.08. The second-order valence-corrected chi connectivity index (χ2v) is 5.54. The van der Waals surface area contributed by atoms with Crippen molar-refractivity contribution in [3.63, 3.8) is 0 Å². The number of carbonyl (C=O) groups is 1. The van der Waals surface area contributed by atoms with Crippen molar-refractivity contribution in [1.29, 1.82) is 0 Å². The summed E-state index contributed by atoms with van der Waals surface area (Å²) in [6, 6.07) is 15.5. The van der Waals surface area contributed by atoms with E-state index in [4.69, 9.17) is 0 Å². The molecule has 4 heteroatoms. The SMILES string of the molecule is O=C(O)c1cccc2[nH]c(C3(c4ccccc4)CC3)nc12. The van der Waals surface area contributed by atoms with Gasteiger partial charge in [-0.3, -0.25) is 0 Å². The first-order valence-corrected chi connectivity index (χ1v) is 6.99. The van der Waals surface area contributed by atoms with Gasteiger partial charge < -0.3 is 10.1 Å². The quantitative estimate of drug-likeness (QED) is 0.772. The molecule has 0 unspecified atom stereocenters. The minimum absolute atomic E-state index is 0.0734. The second kappa shape index (κ2) is 4.19. The van der Waals surface area contributed by atoms with E-state index in [2.05, 4.69) is 22.1 Å².